The van der Waals surface area contributed by atoms with Crippen molar-refractivity contribution >= 4 is 5.65 Å². The monoisotopic (exact) mass is 252 g/mol. The molecule has 0 saturated carbocycles. The summed E-state index contributed by atoms with van der Waals surface area (Å²) >= 11 is 0. The maximum Gasteiger partial charge on any atom is 0.160 e. The van der Waals surface area contributed by atoms with Gasteiger partial charge in [0.05, 0.1) is 11.9 Å². The molecule has 0 bridgehead atoms. The second kappa shape index (κ2) is 4.82. The Labute approximate surface area is 112 Å². The van der Waals surface area contributed by atoms with Crippen molar-refractivity contribution in [1.82, 2.24) is 19.5 Å². The van der Waals surface area contributed by atoms with Gasteiger partial charge in [0.2, 0.25) is 0 Å². The predicted molar refractivity (Wildman–Crippen MR) is 75.8 cm³/mol. The summed E-state index contributed by atoms with van der Waals surface area (Å²) in [4.78, 5) is 6.85. The largest absolute Gasteiger partial charge is 0.305 e. The molecule has 0 unspecified atom stereocenters. The van der Waals surface area contributed by atoms with Gasteiger partial charge in [-0.1, -0.05) is 30.3 Å². The van der Waals surface area contributed by atoms with Crippen molar-refractivity contribution in [2.24, 2.45) is 0 Å². The molecule has 0 aliphatic heterocycles. The van der Waals surface area contributed by atoms with Crippen LogP contribution in [0, 0.1) is 0 Å². The Hall–Kier alpha value is -2.20. The van der Waals surface area contributed by atoms with Crippen LogP contribution in [-0.2, 0) is 6.54 Å². The second-order valence-electron chi connectivity index (χ2n) is 4.85. The van der Waals surface area contributed by atoms with Gasteiger partial charge in [-0.15, -0.1) is 0 Å². The fourth-order valence-corrected chi connectivity index (χ4v) is 2.14. The van der Waals surface area contributed by atoms with Crippen molar-refractivity contribution in [2.45, 2.75) is 6.54 Å². The molecule has 2 aromatic heterocycles. The zero-order valence-corrected chi connectivity index (χ0v) is 11.1. The van der Waals surface area contributed by atoms with E-state index in [-0.39, 0.29) is 0 Å². The lowest BCUT2D eigenvalue weighted by molar-refractivity contribution is 0.404. The highest BCUT2D eigenvalue weighted by atomic mass is 15.2. The molecule has 4 heteroatoms. The Morgan fingerprint density at radius 3 is 2.63 bits per heavy atom. The van der Waals surface area contributed by atoms with Gasteiger partial charge in [0.15, 0.2) is 5.65 Å². The molecule has 0 radical (unpaired) electrons. The molecule has 0 saturated heterocycles. The van der Waals surface area contributed by atoms with E-state index in [0.717, 1.165) is 29.0 Å². The fourth-order valence-electron chi connectivity index (χ4n) is 2.14. The zero-order valence-electron chi connectivity index (χ0n) is 11.1. The lowest BCUT2D eigenvalue weighted by Gasteiger charge is -2.07. The minimum Gasteiger partial charge on any atom is -0.305 e. The SMILES string of the molecule is CN(C)Cc1cnn2ccc(-c3ccccc3)nc12. The normalized spacial score (nSPS) is 11.3. The summed E-state index contributed by atoms with van der Waals surface area (Å²) in [6, 6.07) is 12.2. The van der Waals surface area contributed by atoms with Crippen molar-refractivity contribution in [3.8, 4) is 11.3 Å². The number of rotatable bonds is 3. The number of hydrogen-bond donors (Lipinski definition) is 0. The molecular formula is C15H16N4. The van der Waals surface area contributed by atoms with Gasteiger partial charge < -0.3 is 4.90 Å². The number of hydrogen-bond acceptors (Lipinski definition) is 3. The third-order valence-electron chi connectivity index (χ3n) is 3.00. The van der Waals surface area contributed by atoms with Gasteiger partial charge in [-0.3, -0.25) is 0 Å². The van der Waals surface area contributed by atoms with E-state index < -0.39 is 0 Å². The van der Waals surface area contributed by atoms with Crippen LogP contribution in [0.3, 0.4) is 0 Å². The lowest BCUT2D eigenvalue weighted by Crippen LogP contribution is -2.10. The molecule has 0 spiro atoms. The first-order valence-corrected chi connectivity index (χ1v) is 6.27. The summed E-state index contributed by atoms with van der Waals surface area (Å²) < 4.78 is 1.82. The molecule has 0 aliphatic rings. The van der Waals surface area contributed by atoms with Crippen molar-refractivity contribution in [3.05, 3.63) is 54.4 Å². The third kappa shape index (κ3) is 2.35. The highest BCUT2D eigenvalue weighted by Gasteiger charge is 2.08. The smallest absolute Gasteiger partial charge is 0.160 e. The van der Waals surface area contributed by atoms with Crippen LogP contribution in [0.5, 0.6) is 0 Å². The van der Waals surface area contributed by atoms with E-state index in [4.69, 9.17) is 4.98 Å². The Kier molecular flexibility index (Phi) is 3.01. The van der Waals surface area contributed by atoms with Gasteiger partial charge >= 0.3 is 0 Å². The van der Waals surface area contributed by atoms with Crippen LogP contribution >= 0.6 is 0 Å². The van der Waals surface area contributed by atoms with E-state index in [1.54, 1.807) is 0 Å². The quantitative estimate of drug-likeness (QED) is 0.718. The maximum absolute atomic E-state index is 4.73. The van der Waals surface area contributed by atoms with E-state index in [1.165, 1.54) is 0 Å². The van der Waals surface area contributed by atoms with Gasteiger partial charge in [0.25, 0.3) is 0 Å². The molecule has 0 atom stereocenters. The van der Waals surface area contributed by atoms with Crippen LogP contribution in [0.4, 0.5) is 0 Å². The fraction of sp³-hybridized carbons (Fsp3) is 0.200. The summed E-state index contributed by atoms with van der Waals surface area (Å²) in [5, 5.41) is 4.33. The average molecular weight is 252 g/mol. The standard InChI is InChI=1S/C15H16N4/c1-18(2)11-13-10-16-19-9-8-14(17-15(13)19)12-6-4-3-5-7-12/h3-10H,11H2,1-2H3. The second-order valence-corrected chi connectivity index (χ2v) is 4.85. The Balaban J connectivity index is 2.09. The van der Waals surface area contributed by atoms with Crippen LogP contribution in [0.15, 0.2) is 48.8 Å². The molecule has 4 nitrogen and oxygen atoms in total. The van der Waals surface area contributed by atoms with Crippen molar-refractivity contribution in [1.29, 1.82) is 0 Å². The van der Waals surface area contributed by atoms with E-state index in [9.17, 15) is 0 Å². The molecule has 0 N–H and O–H groups in total. The molecule has 19 heavy (non-hydrogen) atoms. The van der Waals surface area contributed by atoms with Crippen LogP contribution in [0.2, 0.25) is 0 Å². The van der Waals surface area contributed by atoms with Gasteiger partial charge in [-0.25, -0.2) is 9.50 Å². The highest BCUT2D eigenvalue weighted by molar-refractivity contribution is 5.62. The molecule has 0 aliphatic carbocycles. The maximum atomic E-state index is 4.73. The Bertz CT molecular complexity index is 686. The molecule has 0 amide bonds. The van der Waals surface area contributed by atoms with Crippen molar-refractivity contribution in [3.63, 3.8) is 0 Å². The summed E-state index contributed by atoms with van der Waals surface area (Å²) in [7, 11) is 4.09. The zero-order chi connectivity index (χ0) is 13.2. The van der Waals surface area contributed by atoms with Gasteiger partial charge in [0.1, 0.15) is 0 Å². The first-order valence-electron chi connectivity index (χ1n) is 6.27. The third-order valence-corrected chi connectivity index (χ3v) is 3.00. The van der Waals surface area contributed by atoms with Crippen LogP contribution < -0.4 is 0 Å². The first kappa shape index (κ1) is 11.9. The van der Waals surface area contributed by atoms with Crippen molar-refractivity contribution < 1.29 is 0 Å². The summed E-state index contributed by atoms with van der Waals surface area (Å²) in [6.07, 6.45) is 3.85. The topological polar surface area (TPSA) is 33.4 Å². The van der Waals surface area contributed by atoms with E-state index in [0.29, 0.717) is 0 Å². The van der Waals surface area contributed by atoms with E-state index in [1.807, 2.05) is 55.3 Å². The molecule has 0 fully saturated rings. The number of benzene rings is 1. The molecule has 96 valence electrons. The number of fused-ring (bicyclic) bond motifs is 1. The van der Waals surface area contributed by atoms with Crippen LogP contribution in [0.1, 0.15) is 5.56 Å². The number of nitrogens with zero attached hydrogens (tertiary/aromatic N) is 4. The van der Waals surface area contributed by atoms with Crippen LogP contribution in [-0.4, -0.2) is 33.6 Å². The molecule has 1 aromatic carbocycles. The van der Waals surface area contributed by atoms with E-state index >= 15 is 0 Å². The molecule has 3 aromatic rings. The summed E-state index contributed by atoms with van der Waals surface area (Å²) in [6.45, 7) is 0.842. The van der Waals surface area contributed by atoms with E-state index in [2.05, 4.69) is 22.1 Å². The van der Waals surface area contributed by atoms with Crippen LogP contribution in [0.25, 0.3) is 16.9 Å². The minimum atomic E-state index is 0.842. The minimum absolute atomic E-state index is 0.842. The molecule has 2 heterocycles. The number of aromatic nitrogens is 3. The molecule has 3 rings (SSSR count). The average Bonchev–Trinajstić information content (AvgIpc) is 2.82. The van der Waals surface area contributed by atoms with Crippen molar-refractivity contribution in [2.75, 3.05) is 14.1 Å². The van der Waals surface area contributed by atoms with Gasteiger partial charge in [0, 0.05) is 23.9 Å². The van der Waals surface area contributed by atoms with Gasteiger partial charge in [-0.2, -0.15) is 5.10 Å². The summed E-state index contributed by atoms with van der Waals surface area (Å²) in [5.41, 5.74) is 4.17. The Morgan fingerprint density at radius 2 is 1.89 bits per heavy atom. The molecular weight excluding hydrogens is 236 g/mol. The summed E-state index contributed by atoms with van der Waals surface area (Å²) in [5.74, 6) is 0. The van der Waals surface area contributed by atoms with Gasteiger partial charge in [-0.05, 0) is 20.2 Å². The lowest BCUT2D eigenvalue weighted by atomic mass is 10.1. The highest BCUT2D eigenvalue weighted by Crippen LogP contribution is 2.18. The predicted octanol–water partition coefficient (Wildman–Crippen LogP) is 2.46. The Morgan fingerprint density at radius 1 is 1.11 bits per heavy atom. The first-order chi connectivity index (χ1) is 9.24.